The Labute approximate surface area is 108 Å². The van der Waals surface area contributed by atoms with Crippen LogP contribution in [-0.2, 0) is 4.79 Å². The molecule has 0 heterocycles. The summed E-state index contributed by atoms with van der Waals surface area (Å²) in [7, 11) is 0. The van der Waals surface area contributed by atoms with Crippen molar-refractivity contribution < 1.29 is 4.79 Å². The van der Waals surface area contributed by atoms with Crippen LogP contribution in [0.2, 0.25) is 0 Å². The smallest absolute Gasteiger partial charge is 0.157 e. The first kappa shape index (κ1) is 11.5. The van der Waals surface area contributed by atoms with Crippen molar-refractivity contribution in [3.63, 3.8) is 0 Å². The van der Waals surface area contributed by atoms with Gasteiger partial charge >= 0.3 is 0 Å². The number of Topliss-reactive ketones (excluding diaryl/α,β-unsaturated/α-hetero) is 1. The Kier molecular flexibility index (Phi) is 2.70. The van der Waals surface area contributed by atoms with Crippen molar-refractivity contribution in [2.24, 2.45) is 17.8 Å². The molecule has 0 saturated heterocycles. The number of hydrogen-bond donors (Lipinski definition) is 0. The van der Waals surface area contributed by atoms with Gasteiger partial charge in [0.25, 0.3) is 0 Å². The molecule has 0 amide bonds. The Morgan fingerprint density at radius 1 is 1.28 bits per heavy atom. The lowest BCUT2D eigenvalue weighted by Crippen LogP contribution is -2.21. The molecule has 3 unspecified atom stereocenters. The van der Waals surface area contributed by atoms with Gasteiger partial charge in [0.15, 0.2) is 5.78 Å². The van der Waals surface area contributed by atoms with Crippen molar-refractivity contribution >= 4 is 5.78 Å². The van der Waals surface area contributed by atoms with E-state index in [0.717, 1.165) is 35.8 Å². The van der Waals surface area contributed by atoms with Crippen molar-refractivity contribution in [1.29, 1.82) is 5.26 Å². The Bertz CT molecular complexity index is 518. The Morgan fingerprint density at radius 2 is 1.94 bits per heavy atom. The second kappa shape index (κ2) is 4.24. The topological polar surface area (TPSA) is 40.9 Å². The second-order valence-electron chi connectivity index (χ2n) is 5.75. The molecule has 2 aliphatic rings. The number of carbonyl (C=O) groups excluding carboxylic acids is 1. The molecule has 2 heteroatoms. The van der Waals surface area contributed by atoms with Gasteiger partial charge in [-0.2, -0.15) is 5.26 Å². The van der Waals surface area contributed by atoms with Crippen molar-refractivity contribution in [2.75, 3.05) is 0 Å². The summed E-state index contributed by atoms with van der Waals surface area (Å²) >= 11 is 0. The van der Waals surface area contributed by atoms with E-state index in [4.69, 9.17) is 0 Å². The zero-order valence-corrected chi connectivity index (χ0v) is 10.6. The van der Waals surface area contributed by atoms with E-state index >= 15 is 0 Å². The highest BCUT2D eigenvalue weighted by Gasteiger charge is 2.49. The second-order valence-corrected chi connectivity index (χ2v) is 5.75. The number of nitriles is 1. The highest BCUT2D eigenvalue weighted by atomic mass is 16.1. The minimum absolute atomic E-state index is 0.137. The number of hydrogen-bond acceptors (Lipinski definition) is 2. The standard InChI is InChI=1S/C16H17NO/c1-10-4-2-3-5-14(10)15(9-17)16(18)13-7-11-6-12(11)8-13/h2-5,11-13,15H,6-8H2,1H3. The summed E-state index contributed by atoms with van der Waals surface area (Å²) in [6, 6.07) is 9.96. The molecule has 0 bridgehead atoms. The monoisotopic (exact) mass is 239 g/mol. The van der Waals surface area contributed by atoms with Crippen LogP contribution in [0.5, 0.6) is 0 Å². The van der Waals surface area contributed by atoms with Gasteiger partial charge in [-0.15, -0.1) is 0 Å². The predicted molar refractivity (Wildman–Crippen MR) is 68.9 cm³/mol. The van der Waals surface area contributed by atoms with Gasteiger partial charge in [0, 0.05) is 5.92 Å². The number of aryl methyl sites for hydroxylation is 1. The Hall–Kier alpha value is -1.62. The van der Waals surface area contributed by atoms with Crippen LogP contribution in [0.1, 0.15) is 36.3 Å². The fraction of sp³-hybridized carbons (Fsp3) is 0.500. The van der Waals surface area contributed by atoms with Crippen LogP contribution in [0, 0.1) is 36.0 Å². The SMILES string of the molecule is Cc1ccccc1C(C#N)C(=O)C1CC2CC2C1. The van der Waals surface area contributed by atoms with Gasteiger partial charge in [-0.05, 0) is 49.1 Å². The Morgan fingerprint density at radius 3 is 2.56 bits per heavy atom. The van der Waals surface area contributed by atoms with Crippen LogP contribution < -0.4 is 0 Å². The predicted octanol–water partition coefficient (Wildman–Crippen LogP) is 3.22. The number of benzene rings is 1. The lowest BCUT2D eigenvalue weighted by molar-refractivity contribution is -0.123. The first-order valence-corrected chi connectivity index (χ1v) is 6.69. The Balaban J connectivity index is 1.82. The third kappa shape index (κ3) is 1.84. The number of rotatable bonds is 3. The van der Waals surface area contributed by atoms with Gasteiger partial charge in [-0.3, -0.25) is 4.79 Å². The van der Waals surface area contributed by atoms with E-state index in [1.165, 1.54) is 6.42 Å². The number of ketones is 1. The minimum Gasteiger partial charge on any atom is -0.298 e. The summed E-state index contributed by atoms with van der Waals surface area (Å²) in [6.07, 6.45) is 3.35. The van der Waals surface area contributed by atoms with Gasteiger partial charge in [-0.25, -0.2) is 0 Å². The molecule has 0 spiro atoms. The maximum absolute atomic E-state index is 12.5. The van der Waals surface area contributed by atoms with Gasteiger partial charge < -0.3 is 0 Å². The van der Waals surface area contributed by atoms with Crippen LogP contribution >= 0.6 is 0 Å². The third-order valence-electron chi connectivity index (χ3n) is 4.56. The van der Waals surface area contributed by atoms with E-state index < -0.39 is 5.92 Å². The van der Waals surface area contributed by atoms with E-state index in [1.54, 1.807) is 0 Å². The summed E-state index contributed by atoms with van der Waals surface area (Å²) in [5, 5.41) is 9.34. The molecule has 1 aromatic carbocycles. The van der Waals surface area contributed by atoms with Crippen molar-refractivity contribution in [3.05, 3.63) is 35.4 Å². The molecular formula is C16H17NO. The number of fused-ring (bicyclic) bond motifs is 1. The largest absolute Gasteiger partial charge is 0.298 e. The minimum atomic E-state index is -0.561. The number of nitrogens with zero attached hydrogens (tertiary/aromatic N) is 1. The van der Waals surface area contributed by atoms with Crippen LogP contribution in [0.3, 0.4) is 0 Å². The van der Waals surface area contributed by atoms with E-state index in [1.807, 2.05) is 31.2 Å². The summed E-state index contributed by atoms with van der Waals surface area (Å²) in [6.45, 7) is 1.97. The molecule has 2 nitrogen and oxygen atoms in total. The molecule has 2 saturated carbocycles. The van der Waals surface area contributed by atoms with Gasteiger partial charge in [0.05, 0.1) is 6.07 Å². The first-order valence-electron chi connectivity index (χ1n) is 6.69. The third-order valence-corrected chi connectivity index (χ3v) is 4.56. The molecule has 3 atom stereocenters. The fourth-order valence-corrected chi connectivity index (χ4v) is 3.38. The molecule has 18 heavy (non-hydrogen) atoms. The molecule has 1 aromatic rings. The van der Waals surface area contributed by atoms with Crippen molar-refractivity contribution in [3.8, 4) is 6.07 Å². The maximum Gasteiger partial charge on any atom is 0.157 e. The lowest BCUT2D eigenvalue weighted by Gasteiger charge is -2.16. The van der Waals surface area contributed by atoms with Gasteiger partial charge in [0.1, 0.15) is 5.92 Å². The van der Waals surface area contributed by atoms with Crippen LogP contribution in [0.25, 0.3) is 0 Å². The van der Waals surface area contributed by atoms with Crippen molar-refractivity contribution in [1.82, 2.24) is 0 Å². The van der Waals surface area contributed by atoms with E-state index in [9.17, 15) is 10.1 Å². The molecule has 92 valence electrons. The normalized spacial score (nSPS) is 30.3. The zero-order chi connectivity index (χ0) is 12.7. The van der Waals surface area contributed by atoms with E-state index in [2.05, 4.69) is 6.07 Å². The van der Waals surface area contributed by atoms with E-state index in [-0.39, 0.29) is 11.7 Å². The van der Waals surface area contributed by atoms with Crippen LogP contribution in [0.4, 0.5) is 0 Å². The highest BCUT2D eigenvalue weighted by molar-refractivity contribution is 5.91. The molecule has 3 rings (SSSR count). The molecular weight excluding hydrogens is 222 g/mol. The molecule has 0 aliphatic heterocycles. The maximum atomic E-state index is 12.5. The van der Waals surface area contributed by atoms with Crippen LogP contribution in [-0.4, -0.2) is 5.78 Å². The average molecular weight is 239 g/mol. The van der Waals surface area contributed by atoms with Gasteiger partial charge in [0.2, 0.25) is 0 Å². The lowest BCUT2D eigenvalue weighted by atomic mass is 9.84. The summed E-state index contributed by atoms with van der Waals surface area (Å²) in [4.78, 5) is 12.5. The molecule has 0 radical (unpaired) electrons. The van der Waals surface area contributed by atoms with E-state index in [0.29, 0.717) is 0 Å². The summed E-state index contributed by atoms with van der Waals surface area (Å²) in [5.41, 5.74) is 1.94. The van der Waals surface area contributed by atoms with Crippen LogP contribution in [0.15, 0.2) is 24.3 Å². The molecule has 2 aliphatic carbocycles. The first-order chi connectivity index (χ1) is 8.70. The molecule has 0 aromatic heterocycles. The summed E-state index contributed by atoms with van der Waals surface area (Å²) < 4.78 is 0. The molecule has 0 N–H and O–H groups in total. The average Bonchev–Trinajstić information content (AvgIpc) is 2.99. The zero-order valence-electron chi connectivity index (χ0n) is 10.6. The summed E-state index contributed by atoms with van der Waals surface area (Å²) in [5.74, 6) is 1.30. The van der Waals surface area contributed by atoms with Crippen molar-refractivity contribution in [2.45, 2.75) is 32.1 Å². The number of carbonyl (C=O) groups is 1. The van der Waals surface area contributed by atoms with Gasteiger partial charge in [-0.1, -0.05) is 24.3 Å². The quantitative estimate of drug-likeness (QED) is 0.812. The molecule has 2 fully saturated rings. The fourth-order valence-electron chi connectivity index (χ4n) is 3.38. The highest BCUT2D eigenvalue weighted by Crippen LogP contribution is 2.55.